The summed E-state index contributed by atoms with van der Waals surface area (Å²) in [6.45, 7) is 2.69. The number of carbonyl (C=O) groups is 1. The van der Waals surface area contributed by atoms with Crippen molar-refractivity contribution in [1.82, 2.24) is 20.1 Å². The largest absolute Gasteiger partial charge is 0.309 e. The molecule has 2 heterocycles. The Morgan fingerprint density at radius 2 is 1.81 bits per heavy atom. The van der Waals surface area contributed by atoms with Crippen LogP contribution in [0.25, 0.3) is 11.1 Å². The van der Waals surface area contributed by atoms with E-state index in [1.165, 1.54) is 19.3 Å². The third-order valence-electron chi connectivity index (χ3n) is 7.03. The number of nitrogens with zero attached hydrogens (tertiary/aromatic N) is 4. The van der Waals surface area contributed by atoms with E-state index >= 15 is 0 Å². The minimum absolute atomic E-state index is 0.157. The van der Waals surface area contributed by atoms with Gasteiger partial charge >= 0.3 is 0 Å². The van der Waals surface area contributed by atoms with E-state index in [0.717, 1.165) is 22.3 Å². The highest BCUT2D eigenvalue weighted by molar-refractivity contribution is 5.95. The number of anilines is 1. The molecule has 4 aromatic rings. The summed E-state index contributed by atoms with van der Waals surface area (Å²) in [5.41, 5.74) is 4.62. The maximum atomic E-state index is 13.4. The number of rotatable bonds is 9. The fraction of sp³-hybridized carbons (Fsp3) is 0.267. The van der Waals surface area contributed by atoms with E-state index in [-0.39, 0.29) is 11.8 Å². The van der Waals surface area contributed by atoms with Crippen molar-refractivity contribution in [3.05, 3.63) is 102 Å². The molecule has 1 aliphatic rings. The Hall–Kier alpha value is -4.28. The molecule has 2 aromatic heterocycles. The molecule has 0 unspecified atom stereocenters. The van der Waals surface area contributed by atoms with E-state index in [4.69, 9.17) is 5.26 Å². The molecule has 5 rings (SSSR count). The predicted molar refractivity (Wildman–Crippen MR) is 144 cm³/mol. The van der Waals surface area contributed by atoms with Crippen molar-refractivity contribution >= 4 is 11.7 Å². The van der Waals surface area contributed by atoms with Crippen LogP contribution in [0.2, 0.25) is 0 Å². The summed E-state index contributed by atoms with van der Waals surface area (Å²) in [4.78, 5) is 17.9. The van der Waals surface area contributed by atoms with E-state index in [9.17, 15) is 4.79 Å². The van der Waals surface area contributed by atoms with Crippen LogP contribution in [0.15, 0.2) is 85.3 Å². The third kappa shape index (κ3) is 5.76. The molecule has 0 spiro atoms. The second-order valence-corrected chi connectivity index (χ2v) is 9.60. The summed E-state index contributed by atoms with van der Waals surface area (Å²) < 4.78 is 2.05. The lowest BCUT2D eigenvalue weighted by atomic mass is 9.93. The summed E-state index contributed by atoms with van der Waals surface area (Å²) in [6, 6.07) is 23.2. The minimum Gasteiger partial charge on any atom is -0.309 e. The van der Waals surface area contributed by atoms with Crippen molar-refractivity contribution in [2.75, 3.05) is 11.9 Å². The Kier molecular flexibility index (Phi) is 7.38. The lowest BCUT2D eigenvalue weighted by molar-refractivity contribution is -0.118. The fourth-order valence-electron chi connectivity index (χ4n) is 4.48. The van der Waals surface area contributed by atoms with Crippen LogP contribution >= 0.6 is 0 Å². The van der Waals surface area contributed by atoms with Crippen LogP contribution in [0.4, 0.5) is 5.82 Å². The highest BCUT2D eigenvalue weighted by Crippen LogP contribution is 2.32. The molecule has 0 radical (unpaired) electrons. The van der Waals surface area contributed by atoms with Crippen LogP contribution in [0, 0.1) is 11.3 Å². The lowest BCUT2D eigenvalue weighted by Crippen LogP contribution is -2.35. The average molecular weight is 491 g/mol. The van der Waals surface area contributed by atoms with Gasteiger partial charge in [-0.15, -0.1) is 0 Å². The summed E-state index contributed by atoms with van der Waals surface area (Å²) in [5, 5.41) is 19.9. The first-order valence-corrected chi connectivity index (χ1v) is 12.7. The predicted octanol–water partition coefficient (Wildman–Crippen LogP) is 5.61. The van der Waals surface area contributed by atoms with Gasteiger partial charge in [0.1, 0.15) is 11.9 Å². The maximum absolute atomic E-state index is 13.4. The van der Waals surface area contributed by atoms with Gasteiger partial charge in [0.2, 0.25) is 5.91 Å². The van der Waals surface area contributed by atoms with Crippen molar-refractivity contribution < 1.29 is 4.79 Å². The second-order valence-electron chi connectivity index (χ2n) is 9.60. The van der Waals surface area contributed by atoms with Gasteiger partial charge in [-0.05, 0) is 60.6 Å². The number of nitrogens with one attached hydrogen (secondary N) is 2. The molecule has 0 aliphatic heterocycles. The zero-order chi connectivity index (χ0) is 25.6. The first kappa shape index (κ1) is 24.4. The topological polar surface area (TPSA) is 95.6 Å². The fourth-order valence-corrected chi connectivity index (χ4v) is 4.48. The van der Waals surface area contributed by atoms with Crippen LogP contribution in [-0.2, 0) is 4.79 Å². The first-order chi connectivity index (χ1) is 18.1. The normalized spacial score (nSPS) is 14.8. The Bertz CT molecular complexity index is 1370. The second kappa shape index (κ2) is 11.2. The Labute approximate surface area is 217 Å². The molecule has 1 amide bonds. The molecule has 7 heteroatoms. The molecule has 7 nitrogen and oxygen atoms in total. The molecule has 37 heavy (non-hydrogen) atoms. The van der Waals surface area contributed by atoms with E-state index in [0.29, 0.717) is 24.0 Å². The number of hydrogen-bond acceptors (Lipinski definition) is 5. The van der Waals surface area contributed by atoms with E-state index in [2.05, 4.69) is 39.9 Å². The average Bonchev–Trinajstić information content (AvgIpc) is 3.38. The number of nitriles is 1. The number of pyridine rings is 1. The first-order valence-electron chi connectivity index (χ1n) is 12.7. The van der Waals surface area contributed by atoms with Gasteiger partial charge in [-0.25, -0.2) is 4.98 Å². The summed E-state index contributed by atoms with van der Waals surface area (Å²) >= 11 is 0. The van der Waals surface area contributed by atoms with Gasteiger partial charge in [0, 0.05) is 30.1 Å². The van der Waals surface area contributed by atoms with Crippen molar-refractivity contribution in [2.45, 2.75) is 44.2 Å². The summed E-state index contributed by atoms with van der Waals surface area (Å²) in [7, 11) is 0. The molecule has 1 fully saturated rings. The Morgan fingerprint density at radius 3 is 2.46 bits per heavy atom. The number of aromatic nitrogens is 3. The monoisotopic (exact) mass is 490 g/mol. The van der Waals surface area contributed by atoms with Crippen molar-refractivity contribution in [3.63, 3.8) is 0 Å². The van der Waals surface area contributed by atoms with Crippen LogP contribution in [0.1, 0.15) is 60.9 Å². The van der Waals surface area contributed by atoms with Gasteiger partial charge in [0.15, 0.2) is 0 Å². The standard InChI is InChI=1S/C30H30N6O/c1-21(23-12-10-22(16-31)11-13-23)17-33-29(24-6-3-2-4-7-24)30(37)35-28-15-14-25(18-32-28)26-19-34-36(20-26)27-8-5-9-27/h2-4,6-7,10-15,18-21,27,29,33H,5,8-9,17H2,1H3,(H,32,35,37)/t21-,29+/m1/s1. The Balaban J connectivity index is 1.25. The molecule has 2 aromatic carbocycles. The highest BCUT2D eigenvalue weighted by atomic mass is 16.2. The van der Waals surface area contributed by atoms with Gasteiger partial charge < -0.3 is 10.6 Å². The number of hydrogen-bond donors (Lipinski definition) is 2. The van der Waals surface area contributed by atoms with Gasteiger partial charge in [-0.3, -0.25) is 9.48 Å². The van der Waals surface area contributed by atoms with Gasteiger partial charge in [-0.1, -0.05) is 49.4 Å². The molecule has 0 saturated heterocycles. The van der Waals surface area contributed by atoms with Crippen LogP contribution in [-0.4, -0.2) is 27.2 Å². The number of benzene rings is 2. The van der Waals surface area contributed by atoms with Crippen molar-refractivity contribution in [3.8, 4) is 17.2 Å². The lowest BCUT2D eigenvalue weighted by Gasteiger charge is -2.25. The van der Waals surface area contributed by atoms with Gasteiger partial charge in [-0.2, -0.15) is 10.4 Å². The van der Waals surface area contributed by atoms with E-state index in [1.54, 1.807) is 6.20 Å². The number of amides is 1. The van der Waals surface area contributed by atoms with Crippen LogP contribution in [0.3, 0.4) is 0 Å². The van der Waals surface area contributed by atoms with Crippen LogP contribution < -0.4 is 10.6 Å². The molecule has 186 valence electrons. The highest BCUT2D eigenvalue weighted by Gasteiger charge is 2.22. The molecule has 2 N–H and O–H groups in total. The van der Waals surface area contributed by atoms with Crippen molar-refractivity contribution in [1.29, 1.82) is 5.26 Å². The quantitative estimate of drug-likeness (QED) is 0.318. The summed E-state index contributed by atoms with van der Waals surface area (Å²) in [6.07, 6.45) is 9.36. The molecule has 1 saturated carbocycles. The van der Waals surface area contributed by atoms with Crippen LogP contribution in [0.5, 0.6) is 0 Å². The molecular weight excluding hydrogens is 460 g/mol. The minimum atomic E-state index is -0.538. The van der Waals surface area contributed by atoms with Crippen molar-refractivity contribution in [2.24, 2.45) is 0 Å². The van der Waals surface area contributed by atoms with E-state index < -0.39 is 6.04 Å². The smallest absolute Gasteiger partial charge is 0.247 e. The molecule has 2 atom stereocenters. The molecule has 1 aliphatic carbocycles. The zero-order valence-corrected chi connectivity index (χ0v) is 20.8. The molecular formula is C30H30N6O. The Morgan fingerprint density at radius 1 is 1.03 bits per heavy atom. The number of carbonyl (C=O) groups excluding carboxylic acids is 1. The zero-order valence-electron chi connectivity index (χ0n) is 20.8. The molecule has 0 bridgehead atoms. The van der Waals surface area contributed by atoms with Gasteiger partial charge in [0.25, 0.3) is 0 Å². The summed E-state index contributed by atoms with van der Waals surface area (Å²) in [5.74, 6) is 0.490. The van der Waals surface area contributed by atoms with Gasteiger partial charge in [0.05, 0.1) is 23.9 Å². The maximum Gasteiger partial charge on any atom is 0.247 e. The third-order valence-corrected chi connectivity index (χ3v) is 7.03. The van der Waals surface area contributed by atoms with E-state index in [1.807, 2.05) is 77.6 Å². The SMILES string of the molecule is C[C@H](CN[C@H](C(=O)Nc1ccc(-c2cnn(C3CCC3)c2)cn1)c1ccccc1)c1ccc(C#N)cc1.